The number of rotatable bonds is 0. The summed E-state index contributed by atoms with van der Waals surface area (Å²) in [4.78, 5) is 15.5. The fourth-order valence-corrected chi connectivity index (χ4v) is 1.33. The number of urea groups is 1. The van der Waals surface area contributed by atoms with Gasteiger partial charge in [-0.3, -0.25) is 0 Å². The SMILES string of the molecule is C[N+]1(C)B=c2ccccc2=NC1=O. The molecule has 0 saturated carbocycles. The molecular formula is C9H10BN2O+. The van der Waals surface area contributed by atoms with Crippen molar-refractivity contribution in [1.29, 1.82) is 0 Å². The van der Waals surface area contributed by atoms with Gasteiger partial charge in [0.15, 0.2) is 0 Å². The van der Waals surface area contributed by atoms with Crippen LogP contribution in [0.2, 0.25) is 0 Å². The summed E-state index contributed by atoms with van der Waals surface area (Å²) in [5, 5.41) is 1.79. The molecule has 4 heteroatoms. The van der Waals surface area contributed by atoms with Gasteiger partial charge in [0.05, 0.1) is 0 Å². The van der Waals surface area contributed by atoms with Crippen molar-refractivity contribution in [2.75, 3.05) is 14.1 Å². The van der Waals surface area contributed by atoms with Crippen LogP contribution in [-0.4, -0.2) is 31.6 Å². The van der Waals surface area contributed by atoms with Crippen LogP contribution in [0.15, 0.2) is 29.3 Å². The number of benzene rings is 1. The molecule has 1 aromatic carbocycles. The van der Waals surface area contributed by atoms with Crippen LogP contribution in [0.5, 0.6) is 0 Å². The van der Waals surface area contributed by atoms with E-state index >= 15 is 0 Å². The third-order valence-electron chi connectivity index (χ3n) is 2.11. The fourth-order valence-electron chi connectivity index (χ4n) is 1.33. The van der Waals surface area contributed by atoms with Gasteiger partial charge >= 0.3 is 76.1 Å². The molecule has 64 valence electrons. The van der Waals surface area contributed by atoms with E-state index in [1.54, 1.807) is 0 Å². The van der Waals surface area contributed by atoms with Crippen LogP contribution in [0, 0.1) is 5.11 Å². The first-order valence-electron chi connectivity index (χ1n) is 4.14. The van der Waals surface area contributed by atoms with Crippen molar-refractivity contribution in [3.05, 3.63) is 34.7 Å². The van der Waals surface area contributed by atoms with E-state index in [-0.39, 0.29) is 10.4 Å². The van der Waals surface area contributed by atoms with E-state index in [0.717, 1.165) is 10.5 Å². The van der Waals surface area contributed by atoms with Gasteiger partial charge in [-0.2, -0.15) is 0 Å². The van der Waals surface area contributed by atoms with Gasteiger partial charge in [-0.15, -0.1) is 0 Å². The summed E-state index contributed by atoms with van der Waals surface area (Å²) < 4.78 is 0.191. The van der Waals surface area contributed by atoms with Gasteiger partial charge in [0.1, 0.15) is 0 Å². The maximum atomic E-state index is 11.5. The molecule has 1 aliphatic rings. The standard InChI is InChI=1S/C9H10BN2O/c1-12(2)9(13)11-8-6-4-3-5-7(8)10-12/h3-6H,1-2H3/q+1. The van der Waals surface area contributed by atoms with E-state index in [9.17, 15) is 4.79 Å². The molecule has 1 aliphatic heterocycles. The quantitative estimate of drug-likeness (QED) is 0.521. The average Bonchev–Trinajstić information content (AvgIpc) is 2.06. The third kappa shape index (κ3) is 1.33. The summed E-state index contributed by atoms with van der Waals surface area (Å²) in [6.07, 6.45) is 0. The Balaban J connectivity index is 2.81. The molecule has 0 atom stereocenters. The fraction of sp³-hybridized carbons (Fsp3) is 0.222. The molecule has 0 spiro atoms. The molecule has 2 amide bonds. The number of quaternary nitrogens is 1. The summed E-state index contributed by atoms with van der Waals surface area (Å²) in [7, 11) is 5.55. The van der Waals surface area contributed by atoms with Gasteiger partial charge in [0, 0.05) is 0 Å². The molecule has 2 rings (SSSR count). The minimum atomic E-state index is -0.126. The topological polar surface area (TPSA) is 29.4 Å². The van der Waals surface area contributed by atoms with E-state index in [1.807, 2.05) is 45.4 Å². The Morgan fingerprint density at radius 1 is 1.31 bits per heavy atom. The van der Waals surface area contributed by atoms with Crippen molar-refractivity contribution >= 4 is 13.1 Å². The maximum absolute atomic E-state index is 11.5. The molecule has 3 nitrogen and oxygen atoms in total. The summed E-state index contributed by atoms with van der Waals surface area (Å²) in [6, 6.07) is 7.52. The predicted molar refractivity (Wildman–Crippen MR) is 49.7 cm³/mol. The van der Waals surface area contributed by atoms with Gasteiger partial charge in [0.2, 0.25) is 0 Å². The zero-order valence-electron chi connectivity index (χ0n) is 7.69. The number of carbonyl (C=O) groups is 1. The second-order valence-electron chi connectivity index (χ2n) is 3.62. The Labute approximate surface area is 76.8 Å². The summed E-state index contributed by atoms with van der Waals surface area (Å²) in [5.41, 5.74) is 0. The van der Waals surface area contributed by atoms with E-state index < -0.39 is 0 Å². The van der Waals surface area contributed by atoms with Gasteiger partial charge in [-0.05, 0) is 0 Å². The molecule has 0 aromatic heterocycles. The summed E-state index contributed by atoms with van der Waals surface area (Å²) in [5.74, 6) is 0. The predicted octanol–water partition coefficient (Wildman–Crippen LogP) is 0.386. The molecule has 0 fully saturated rings. The summed E-state index contributed by atoms with van der Waals surface area (Å²) >= 11 is 0. The number of hydrogen-bond donors (Lipinski definition) is 0. The van der Waals surface area contributed by atoms with E-state index in [0.29, 0.717) is 0 Å². The van der Waals surface area contributed by atoms with E-state index in [2.05, 4.69) is 4.99 Å². The molecule has 0 N–H and O–H groups in total. The first-order valence-corrected chi connectivity index (χ1v) is 4.14. The number of amides is 2. The first kappa shape index (κ1) is 8.32. The van der Waals surface area contributed by atoms with E-state index in [4.69, 9.17) is 0 Å². The third-order valence-corrected chi connectivity index (χ3v) is 2.11. The van der Waals surface area contributed by atoms with Crippen LogP contribution >= 0.6 is 0 Å². The van der Waals surface area contributed by atoms with Crippen molar-refractivity contribution in [3.63, 3.8) is 0 Å². The Morgan fingerprint density at radius 3 is 2.77 bits per heavy atom. The van der Waals surface area contributed by atoms with Crippen molar-refractivity contribution in [3.8, 4) is 0 Å². The van der Waals surface area contributed by atoms with Gasteiger partial charge in [-0.25, -0.2) is 0 Å². The molecule has 1 heterocycles. The number of fused-ring (bicyclic) bond motifs is 1. The normalized spacial score (nSPS) is 17.8. The van der Waals surface area contributed by atoms with Crippen LogP contribution in [0.3, 0.4) is 0 Å². The monoisotopic (exact) mass is 173 g/mol. The number of nitrogens with zero attached hydrogens (tertiary/aromatic N) is 2. The zero-order chi connectivity index (χ0) is 9.47. The van der Waals surface area contributed by atoms with Crippen LogP contribution in [0.4, 0.5) is 4.79 Å². The first-order chi connectivity index (χ1) is 6.09. The Bertz CT molecular complexity index is 479. The average molecular weight is 173 g/mol. The zero-order valence-corrected chi connectivity index (χ0v) is 7.69. The van der Waals surface area contributed by atoms with Crippen LogP contribution in [0.25, 0.3) is 0 Å². The van der Waals surface area contributed by atoms with Crippen molar-refractivity contribution in [2.45, 2.75) is 0 Å². The van der Waals surface area contributed by atoms with Crippen molar-refractivity contribution in [2.24, 2.45) is 4.99 Å². The molecule has 0 aliphatic carbocycles. The number of para-hydroxylation sites is 1. The molecule has 0 unspecified atom stereocenters. The number of carbonyl (C=O) groups excluding carboxylic acids is 1. The second kappa shape index (κ2) is 2.60. The molecular weight excluding hydrogens is 163 g/mol. The molecule has 0 bridgehead atoms. The number of hydrogen-bond acceptors (Lipinski definition) is 1. The minimum absolute atomic E-state index is 0.126. The van der Waals surface area contributed by atoms with Crippen molar-refractivity contribution in [1.82, 2.24) is 0 Å². The van der Waals surface area contributed by atoms with Gasteiger partial charge in [-0.1, -0.05) is 0 Å². The Kier molecular flexibility index (Phi) is 1.67. The molecule has 1 aromatic rings. The Hall–Kier alpha value is -1.29. The van der Waals surface area contributed by atoms with Crippen molar-refractivity contribution < 1.29 is 9.19 Å². The van der Waals surface area contributed by atoms with Crippen LogP contribution in [-0.2, 0) is 0 Å². The van der Waals surface area contributed by atoms with E-state index in [1.165, 1.54) is 0 Å². The Morgan fingerprint density at radius 2 is 2.00 bits per heavy atom. The molecule has 0 saturated heterocycles. The summed E-state index contributed by atoms with van der Waals surface area (Å²) in [6.45, 7) is 0. The van der Waals surface area contributed by atoms with Crippen LogP contribution < -0.4 is 5.36 Å². The molecule has 13 heavy (non-hydrogen) atoms. The van der Waals surface area contributed by atoms with Gasteiger partial charge in [0.25, 0.3) is 0 Å². The van der Waals surface area contributed by atoms with Crippen LogP contribution in [0.1, 0.15) is 0 Å². The second-order valence-corrected chi connectivity index (χ2v) is 3.62. The van der Waals surface area contributed by atoms with Gasteiger partial charge < -0.3 is 0 Å². The molecule has 0 radical (unpaired) electrons.